The molecule has 2 aliphatic heterocycles. The largest absolute Gasteiger partial charge is 0.459 e. The maximum absolute atomic E-state index is 14.0. The molecule has 210 valence electrons. The van der Waals surface area contributed by atoms with E-state index in [9.17, 15) is 22.8 Å². The van der Waals surface area contributed by atoms with Crippen molar-refractivity contribution >= 4 is 34.7 Å². The van der Waals surface area contributed by atoms with Gasteiger partial charge in [-0.2, -0.15) is 13.2 Å². The minimum absolute atomic E-state index is 0.0741. The van der Waals surface area contributed by atoms with E-state index in [1.165, 1.54) is 42.7 Å². The second kappa shape index (κ2) is 10.0. The first kappa shape index (κ1) is 26.5. The van der Waals surface area contributed by atoms with Crippen molar-refractivity contribution in [3.8, 4) is 11.3 Å². The third kappa shape index (κ3) is 5.38. The predicted octanol–water partition coefficient (Wildman–Crippen LogP) is 4.29. The van der Waals surface area contributed by atoms with Crippen molar-refractivity contribution in [1.82, 2.24) is 20.2 Å². The Morgan fingerprint density at radius 1 is 1.07 bits per heavy atom. The molecule has 6 rings (SSSR count). The van der Waals surface area contributed by atoms with Crippen LogP contribution >= 0.6 is 0 Å². The number of nitrogens with zero attached hydrogens (tertiary/aromatic N) is 3. The molecular formula is C29H24F3N5O4. The van der Waals surface area contributed by atoms with Crippen LogP contribution in [0.25, 0.3) is 28.3 Å². The maximum atomic E-state index is 14.0. The number of halogens is 3. The van der Waals surface area contributed by atoms with E-state index in [2.05, 4.69) is 15.3 Å². The van der Waals surface area contributed by atoms with Crippen molar-refractivity contribution in [3.05, 3.63) is 83.4 Å². The Kier molecular flexibility index (Phi) is 6.49. The number of pyridine rings is 2. The highest BCUT2D eigenvalue weighted by molar-refractivity contribution is 5.95. The Bertz CT molecular complexity index is 1650. The number of nitrogens with one attached hydrogen (secondary N) is 1. The molecule has 0 unspecified atom stereocenters. The number of nitrogen functional groups attached to an aromatic ring is 1. The van der Waals surface area contributed by atoms with Crippen LogP contribution in [0.1, 0.15) is 27.2 Å². The Balaban J connectivity index is 1.18. The van der Waals surface area contributed by atoms with E-state index in [0.29, 0.717) is 43.2 Å². The number of alkyl halides is 3. The first-order valence-corrected chi connectivity index (χ1v) is 12.7. The summed E-state index contributed by atoms with van der Waals surface area (Å²) in [5.74, 6) is -0.140. The van der Waals surface area contributed by atoms with Crippen molar-refractivity contribution in [2.75, 3.05) is 32.0 Å². The number of carbonyl (C=O) groups excluding carboxylic acids is 2. The molecule has 0 aliphatic carbocycles. The molecule has 12 heteroatoms. The smallest absolute Gasteiger partial charge is 0.420 e. The highest BCUT2D eigenvalue weighted by Gasteiger charge is 2.50. The number of rotatable bonds is 6. The number of likely N-dealkylation sites (tertiary alicyclic amines) is 1. The van der Waals surface area contributed by atoms with Crippen LogP contribution in [0, 0.1) is 5.41 Å². The van der Waals surface area contributed by atoms with Crippen LogP contribution in [0.5, 0.6) is 0 Å². The predicted molar refractivity (Wildman–Crippen MR) is 143 cm³/mol. The third-order valence-corrected chi connectivity index (χ3v) is 7.11. The Morgan fingerprint density at radius 3 is 2.51 bits per heavy atom. The summed E-state index contributed by atoms with van der Waals surface area (Å²) < 4.78 is 52.7. The van der Waals surface area contributed by atoms with Gasteiger partial charge in [0, 0.05) is 42.5 Å². The number of aromatic nitrogens is 2. The van der Waals surface area contributed by atoms with Gasteiger partial charge in [-0.3, -0.25) is 14.6 Å². The van der Waals surface area contributed by atoms with Crippen molar-refractivity contribution in [2.24, 2.45) is 5.41 Å². The van der Waals surface area contributed by atoms with E-state index in [1.807, 2.05) is 0 Å². The van der Waals surface area contributed by atoms with Gasteiger partial charge in [-0.1, -0.05) is 0 Å². The number of anilines is 1. The van der Waals surface area contributed by atoms with E-state index in [1.54, 1.807) is 23.1 Å². The minimum atomic E-state index is -4.70. The molecule has 2 aliphatic rings. The Morgan fingerprint density at radius 2 is 1.88 bits per heavy atom. The first-order valence-electron chi connectivity index (χ1n) is 12.7. The molecule has 2 saturated heterocycles. The number of nitrogens with two attached hydrogens (primary N) is 1. The average molecular weight is 564 g/mol. The fraction of sp³-hybridized carbons (Fsp3) is 0.241. The van der Waals surface area contributed by atoms with Crippen LogP contribution in [0.2, 0.25) is 0 Å². The summed E-state index contributed by atoms with van der Waals surface area (Å²) in [6, 6.07) is 10.3. The standard InChI is InChI=1S/C29H24F3N5O4/c30-29(31,32)22-9-19(23-4-3-18(11-34-23)27(39)37-13-28(14-37)15-40-16-28)7-20-8-21(41-26(20)22)12-36-25(38)6-2-17-1-5-24(33)35-10-17/h1-11H,12-16H2,(H2,33,35)(H,36,38). The van der Waals surface area contributed by atoms with E-state index >= 15 is 0 Å². The number of furan rings is 1. The number of hydrogen-bond donors (Lipinski definition) is 2. The van der Waals surface area contributed by atoms with Gasteiger partial charge < -0.3 is 25.1 Å². The summed E-state index contributed by atoms with van der Waals surface area (Å²) in [4.78, 5) is 34.9. The number of amides is 2. The lowest BCUT2D eigenvalue weighted by atomic mass is 9.78. The number of hydrogen-bond acceptors (Lipinski definition) is 7. The van der Waals surface area contributed by atoms with Gasteiger partial charge in [-0.25, -0.2) is 4.98 Å². The zero-order valence-corrected chi connectivity index (χ0v) is 21.6. The molecular weight excluding hydrogens is 539 g/mol. The normalized spacial score (nSPS) is 16.1. The zero-order valence-electron chi connectivity index (χ0n) is 21.6. The topological polar surface area (TPSA) is 124 Å². The highest BCUT2D eigenvalue weighted by Crippen LogP contribution is 2.40. The molecule has 1 spiro atoms. The molecule has 1 aromatic carbocycles. The van der Waals surface area contributed by atoms with Crippen LogP contribution in [0.3, 0.4) is 0 Å². The van der Waals surface area contributed by atoms with Gasteiger partial charge in [0.1, 0.15) is 17.2 Å². The van der Waals surface area contributed by atoms with Crippen LogP contribution in [0.4, 0.5) is 19.0 Å². The van der Waals surface area contributed by atoms with E-state index in [0.717, 1.165) is 6.07 Å². The lowest BCUT2D eigenvalue weighted by Gasteiger charge is -2.54. The average Bonchev–Trinajstić information content (AvgIpc) is 3.32. The van der Waals surface area contributed by atoms with Gasteiger partial charge in [-0.05, 0) is 54.1 Å². The zero-order chi connectivity index (χ0) is 28.8. The number of ether oxygens (including phenoxy) is 1. The van der Waals surface area contributed by atoms with Crippen LogP contribution in [0.15, 0.2) is 65.4 Å². The van der Waals surface area contributed by atoms with Gasteiger partial charge in [0.2, 0.25) is 5.91 Å². The van der Waals surface area contributed by atoms with E-state index in [-0.39, 0.29) is 45.9 Å². The lowest BCUT2D eigenvalue weighted by molar-refractivity contribution is -0.176. The summed E-state index contributed by atoms with van der Waals surface area (Å²) in [6.45, 7) is 2.43. The van der Waals surface area contributed by atoms with Gasteiger partial charge in [0.05, 0.1) is 42.0 Å². The molecule has 2 amide bonds. The molecule has 9 nitrogen and oxygen atoms in total. The Labute approximate surface area is 231 Å². The van der Waals surface area contributed by atoms with Crippen molar-refractivity contribution in [1.29, 1.82) is 0 Å². The maximum Gasteiger partial charge on any atom is 0.420 e. The summed E-state index contributed by atoms with van der Waals surface area (Å²) in [5, 5.41) is 2.80. The summed E-state index contributed by atoms with van der Waals surface area (Å²) >= 11 is 0. The molecule has 3 aromatic heterocycles. The van der Waals surface area contributed by atoms with Gasteiger partial charge in [0.15, 0.2) is 0 Å². The first-order chi connectivity index (χ1) is 19.6. The van der Waals surface area contributed by atoms with Crippen molar-refractivity contribution in [2.45, 2.75) is 12.7 Å². The monoisotopic (exact) mass is 563 g/mol. The lowest BCUT2D eigenvalue weighted by Crippen LogP contribution is -2.67. The molecule has 4 aromatic rings. The van der Waals surface area contributed by atoms with Crippen LogP contribution in [-0.4, -0.2) is 53.0 Å². The van der Waals surface area contributed by atoms with Crippen LogP contribution < -0.4 is 11.1 Å². The third-order valence-electron chi connectivity index (χ3n) is 7.11. The van der Waals surface area contributed by atoms with E-state index < -0.39 is 17.6 Å². The van der Waals surface area contributed by atoms with Gasteiger partial charge in [0.25, 0.3) is 5.91 Å². The SMILES string of the molecule is Nc1ccc(C=CC(=O)NCc2cc3cc(-c4ccc(C(=O)N5CC6(COC6)C5)cn4)cc(C(F)(F)F)c3o2)cn1. The van der Waals surface area contributed by atoms with E-state index in [4.69, 9.17) is 14.9 Å². The molecule has 3 N–H and O–H groups in total. The summed E-state index contributed by atoms with van der Waals surface area (Å²) in [7, 11) is 0. The minimum Gasteiger partial charge on any atom is -0.459 e. The second-order valence-electron chi connectivity index (χ2n) is 10.3. The molecule has 0 atom stereocenters. The highest BCUT2D eigenvalue weighted by atomic mass is 19.4. The molecule has 0 bridgehead atoms. The molecule has 0 radical (unpaired) electrons. The summed E-state index contributed by atoms with van der Waals surface area (Å²) in [5.41, 5.74) is 5.82. The Hall–Kier alpha value is -4.71. The summed E-state index contributed by atoms with van der Waals surface area (Å²) in [6.07, 6.45) is 0.986. The fourth-order valence-corrected chi connectivity index (χ4v) is 4.93. The van der Waals surface area contributed by atoms with Crippen molar-refractivity contribution in [3.63, 3.8) is 0 Å². The molecule has 0 saturated carbocycles. The number of carbonyl (C=O) groups is 2. The van der Waals surface area contributed by atoms with Crippen molar-refractivity contribution < 1.29 is 31.9 Å². The fourth-order valence-electron chi connectivity index (χ4n) is 4.93. The van der Waals surface area contributed by atoms with Crippen LogP contribution in [-0.2, 0) is 22.3 Å². The molecule has 2 fully saturated rings. The van der Waals surface area contributed by atoms with Gasteiger partial charge >= 0.3 is 6.18 Å². The number of benzene rings is 1. The van der Waals surface area contributed by atoms with Gasteiger partial charge in [-0.15, -0.1) is 0 Å². The molecule has 5 heterocycles. The quantitative estimate of drug-likeness (QED) is 0.336. The molecule has 41 heavy (non-hydrogen) atoms. The second-order valence-corrected chi connectivity index (χ2v) is 10.3. The number of fused-ring (bicyclic) bond motifs is 1.